The number of hydrogen-bond donors (Lipinski definition) is 2. The van der Waals surface area contributed by atoms with E-state index < -0.39 is 0 Å². The fourth-order valence-corrected chi connectivity index (χ4v) is 1.41. The lowest BCUT2D eigenvalue weighted by molar-refractivity contribution is -0.142. The SMILES string of the molecule is CCOC(=O)CNCc1cccc(Cl)c1O. The van der Waals surface area contributed by atoms with Crippen LogP contribution in [0.25, 0.3) is 0 Å². The van der Waals surface area contributed by atoms with Crippen LogP contribution < -0.4 is 5.32 Å². The molecule has 4 nitrogen and oxygen atoms in total. The van der Waals surface area contributed by atoms with Gasteiger partial charge in [-0.1, -0.05) is 23.7 Å². The van der Waals surface area contributed by atoms with Gasteiger partial charge in [-0.25, -0.2) is 0 Å². The highest BCUT2D eigenvalue weighted by atomic mass is 35.5. The number of halogens is 1. The average molecular weight is 244 g/mol. The summed E-state index contributed by atoms with van der Waals surface area (Å²) in [6.45, 7) is 2.59. The first-order valence-electron chi connectivity index (χ1n) is 4.97. The normalized spacial score (nSPS) is 10.1. The Morgan fingerprint density at radius 2 is 2.31 bits per heavy atom. The Morgan fingerprint density at radius 1 is 1.56 bits per heavy atom. The van der Waals surface area contributed by atoms with Crippen LogP contribution in [0.4, 0.5) is 0 Å². The van der Waals surface area contributed by atoms with Gasteiger partial charge in [0.25, 0.3) is 0 Å². The summed E-state index contributed by atoms with van der Waals surface area (Å²) in [7, 11) is 0. The minimum absolute atomic E-state index is 0.0422. The molecular weight excluding hydrogens is 230 g/mol. The van der Waals surface area contributed by atoms with Crippen molar-refractivity contribution in [1.29, 1.82) is 0 Å². The summed E-state index contributed by atoms with van der Waals surface area (Å²) in [5, 5.41) is 12.7. The Kier molecular flexibility index (Phi) is 5.08. The highest BCUT2D eigenvalue weighted by Crippen LogP contribution is 2.26. The molecule has 1 aromatic rings. The number of carbonyl (C=O) groups is 1. The summed E-state index contributed by atoms with van der Waals surface area (Å²) in [6, 6.07) is 5.08. The maximum Gasteiger partial charge on any atom is 0.319 e. The van der Waals surface area contributed by atoms with E-state index in [0.717, 1.165) is 0 Å². The summed E-state index contributed by atoms with van der Waals surface area (Å²) in [5.41, 5.74) is 0.650. The molecule has 5 heteroatoms. The summed E-state index contributed by atoms with van der Waals surface area (Å²) in [5.74, 6) is -0.274. The second-order valence-electron chi connectivity index (χ2n) is 3.16. The molecule has 0 aliphatic heterocycles. The van der Waals surface area contributed by atoms with Crippen molar-refractivity contribution in [1.82, 2.24) is 5.32 Å². The highest BCUT2D eigenvalue weighted by molar-refractivity contribution is 6.32. The zero-order chi connectivity index (χ0) is 12.0. The number of para-hydroxylation sites is 1. The highest BCUT2D eigenvalue weighted by Gasteiger charge is 2.06. The molecule has 0 aromatic heterocycles. The lowest BCUT2D eigenvalue weighted by Crippen LogP contribution is -2.24. The number of carbonyl (C=O) groups excluding carboxylic acids is 1. The average Bonchev–Trinajstić information content (AvgIpc) is 2.25. The van der Waals surface area contributed by atoms with Gasteiger partial charge in [-0.15, -0.1) is 0 Å². The Hall–Kier alpha value is -1.26. The van der Waals surface area contributed by atoms with Crippen molar-refractivity contribution in [3.63, 3.8) is 0 Å². The molecule has 0 bridgehead atoms. The number of esters is 1. The summed E-state index contributed by atoms with van der Waals surface area (Å²) in [6.07, 6.45) is 0. The minimum Gasteiger partial charge on any atom is -0.506 e. The molecule has 0 atom stereocenters. The van der Waals surface area contributed by atoms with Crippen molar-refractivity contribution < 1.29 is 14.6 Å². The van der Waals surface area contributed by atoms with Gasteiger partial charge in [-0.3, -0.25) is 4.79 Å². The van der Waals surface area contributed by atoms with Crippen molar-refractivity contribution in [2.75, 3.05) is 13.2 Å². The van der Waals surface area contributed by atoms with Crippen LogP contribution in [0.5, 0.6) is 5.75 Å². The van der Waals surface area contributed by atoms with E-state index in [1.54, 1.807) is 25.1 Å². The van der Waals surface area contributed by atoms with Crippen LogP contribution >= 0.6 is 11.6 Å². The predicted octanol–water partition coefficient (Wildman–Crippen LogP) is 1.70. The number of phenols is 1. The third-order valence-corrected chi connectivity index (χ3v) is 2.27. The third-order valence-electron chi connectivity index (χ3n) is 1.96. The molecule has 0 fully saturated rings. The molecule has 0 spiro atoms. The van der Waals surface area contributed by atoms with Crippen molar-refractivity contribution in [3.05, 3.63) is 28.8 Å². The first kappa shape index (κ1) is 12.8. The Bertz CT molecular complexity index is 368. The molecular formula is C11H14ClNO3. The van der Waals surface area contributed by atoms with Gasteiger partial charge in [0, 0.05) is 12.1 Å². The van der Waals surface area contributed by atoms with E-state index in [4.69, 9.17) is 16.3 Å². The smallest absolute Gasteiger partial charge is 0.319 e. The zero-order valence-corrected chi connectivity index (χ0v) is 9.75. The number of ether oxygens (including phenoxy) is 1. The van der Waals surface area contributed by atoms with Crippen LogP contribution in [0.2, 0.25) is 5.02 Å². The second-order valence-corrected chi connectivity index (χ2v) is 3.56. The summed E-state index contributed by atoms with van der Waals surface area (Å²) >= 11 is 5.74. The van der Waals surface area contributed by atoms with Crippen LogP contribution in [-0.4, -0.2) is 24.2 Å². The van der Waals surface area contributed by atoms with Gasteiger partial charge in [-0.05, 0) is 13.0 Å². The number of phenolic OH excluding ortho intramolecular Hbond substituents is 1. The topological polar surface area (TPSA) is 58.6 Å². The standard InChI is InChI=1S/C11H14ClNO3/c1-2-16-10(14)7-13-6-8-4-3-5-9(12)11(8)15/h3-5,13,15H,2,6-7H2,1H3. The zero-order valence-electron chi connectivity index (χ0n) is 9.00. The van der Waals surface area contributed by atoms with Crippen molar-refractivity contribution >= 4 is 17.6 Å². The van der Waals surface area contributed by atoms with Crippen molar-refractivity contribution in [2.24, 2.45) is 0 Å². The van der Waals surface area contributed by atoms with Crippen molar-refractivity contribution in [3.8, 4) is 5.75 Å². The number of hydrogen-bond acceptors (Lipinski definition) is 4. The molecule has 0 unspecified atom stereocenters. The first-order valence-corrected chi connectivity index (χ1v) is 5.35. The predicted molar refractivity (Wildman–Crippen MR) is 61.5 cm³/mol. The quantitative estimate of drug-likeness (QED) is 0.773. The third kappa shape index (κ3) is 3.72. The van der Waals surface area contributed by atoms with Crippen LogP contribution in [0.15, 0.2) is 18.2 Å². The van der Waals surface area contributed by atoms with E-state index in [9.17, 15) is 9.90 Å². The van der Waals surface area contributed by atoms with Crippen molar-refractivity contribution in [2.45, 2.75) is 13.5 Å². The monoisotopic (exact) mass is 243 g/mol. The molecule has 1 aromatic carbocycles. The molecule has 88 valence electrons. The maximum atomic E-state index is 11.0. The molecule has 1 rings (SSSR count). The van der Waals surface area contributed by atoms with Gasteiger partial charge in [0.05, 0.1) is 18.2 Å². The van der Waals surface area contributed by atoms with E-state index in [0.29, 0.717) is 23.7 Å². The van der Waals surface area contributed by atoms with Crippen LogP contribution in [0, 0.1) is 0 Å². The van der Waals surface area contributed by atoms with Gasteiger partial charge >= 0.3 is 5.97 Å². The Labute approximate surface area is 99.2 Å². The van der Waals surface area contributed by atoms with Gasteiger partial charge in [0.1, 0.15) is 5.75 Å². The van der Waals surface area contributed by atoms with E-state index in [2.05, 4.69) is 5.32 Å². The summed E-state index contributed by atoms with van der Waals surface area (Å²) < 4.78 is 4.74. The first-order chi connectivity index (χ1) is 7.65. The molecule has 16 heavy (non-hydrogen) atoms. The van der Waals surface area contributed by atoms with Crippen LogP contribution in [-0.2, 0) is 16.1 Å². The van der Waals surface area contributed by atoms with E-state index in [-0.39, 0.29) is 18.3 Å². The Balaban J connectivity index is 2.43. The lowest BCUT2D eigenvalue weighted by atomic mass is 10.2. The molecule has 0 radical (unpaired) electrons. The van der Waals surface area contributed by atoms with E-state index >= 15 is 0 Å². The number of nitrogens with one attached hydrogen (secondary N) is 1. The molecule has 0 aliphatic carbocycles. The Morgan fingerprint density at radius 3 is 3.00 bits per heavy atom. The summed E-state index contributed by atoms with van der Waals surface area (Å²) in [4.78, 5) is 11.0. The van der Waals surface area contributed by atoms with Gasteiger partial charge in [-0.2, -0.15) is 0 Å². The van der Waals surface area contributed by atoms with Crippen LogP contribution in [0.3, 0.4) is 0 Å². The lowest BCUT2D eigenvalue weighted by Gasteiger charge is -2.07. The molecule has 0 heterocycles. The number of rotatable bonds is 5. The van der Waals surface area contributed by atoms with Gasteiger partial charge in [0.2, 0.25) is 0 Å². The minimum atomic E-state index is -0.316. The molecule has 0 aliphatic rings. The number of aromatic hydroxyl groups is 1. The molecule has 0 saturated carbocycles. The van der Waals surface area contributed by atoms with E-state index in [1.807, 2.05) is 0 Å². The second kappa shape index (κ2) is 6.35. The van der Waals surface area contributed by atoms with Gasteiger partial charge in [0.15, 0.2) is 0 Å². The molecule has 2 N–H and O–H groups in total. The van der Waals surface area contributed by atoms with E-state index in [1.165, 1.54) is 0 Å². The molecule has 0 amide bonds. The fourth-order valence-electron chi connectivity index (χ4n) is 1.21. The van der Waals surface area contributed by atoms with Crippen LogP contribution in [0.1, 0.15) is 12.5 Å². The fraction of sp³-hybridized carbons (Fsp3) is 0.364. The number of benzene rings is 1. The van der Waals surface area contributed by atoms with Gasteiger partial charge < -0.3 is 15.2 Å². The maximum absolute atomic E-state index is 11.0. The largest absolute Gasteiger partial charge is 0.506 e. The molecule has 0 saturated heterocycles.